The fraction of sp³-hybridized carbons (Fsp3) is 0.316. The number of benzene rings is 1. The molecule has 3 rings (SSSR count). The van der Waals surface area contributed by atoms with Crippen LogP contribution < -0.4 is 5.32 Å². The number of carbonyl (C=O) groups is 3. The number of likely N-dealkylation sites (N-methyl/N-ethyl adjacent to an activating group) is 1. The number of carbonyl (C=O) groups excluding carboxylic acids is 3. The standard InChI is InChI=1S/C19H19Cl2N3O4/c1-11-4-6-13(28-11)9-23(3)16(25)10-24-17(26)19(2,22-18(24)27)12-5-7-14(20)15(21)8-12/h4-8H,9-10H2,1-3H3,(H,22,27). The Morgan fingerprint density at radius 1 is 1.21 bits per heavy atom. The van der Waals surface area contributed by atoms with Crippen LogP contribution in [0.2, 0.25) is 10.0 Å². The van der Waals surface area contributed by atoms with Crippen molar-refractivity contribution < 1.29 is 18.8 Å². The van der Waals surface area contributed by atoms with Gasteiger partial charge in [0, 0.05) is 7.05 Å². The first-order valence-electron chi connectivity index (χ1n) is 8.50. The monoisotopic (exact) mass is 423 g/mol. The van der Waals surface area contributed by atoms with E-state index in [1.807, 2.05) is 6.92 Å². The average molecular weight is 424 g/mol. The van der Waals surface area contributed by atoms with Gasteiger partial charge in [-0.3, -0.25) is 14.5 Å². The van der Waals surface area contributed by atoms with Crippen molar-refractivity contribution in [3.05, 3.63) is 57.5 Å². The molecule has 0 radical (unpaired) electrons. The zero-order valence-electron chi connectivity index (χ0n) is 15.6. The predicted molar refractivity (Wildman–Crippen MR) is 104 cm³/mol. The summed E-state index contributed by atoms with van der Waals surface area (Å²) in [6, 6.07) is 7.62. The van der Waals surface area contributed by atoms with Crippen molar-refractivity contribution in [2.75, 3.05) is 13.6 Å². The maximum absolute atomic E-state index is 12.9. The van der Waals surface area contributed by atoms with E-state index in [1.54, 1.807) is 38.2 Å². The molecule has 7 nitrogen and oxygen atoms in total. The smallest absolute Gasteiger partial charge is 0.325 e. The van der Waals surface area contributed by atoms with Gasteiger partial charge in [0.25, 0.3) is 5.91 Å². The second-order valence-corrected chi connectivity index (χ2v) is 7.65. The molecule has 0 saturated carbocycles. The van der Waals surface area contributed by atoms with Crippen LogP contribution in [-0.2, 0) is 21.7 Å². The molecule has 0 spiro atoms. The first-order valence-corrected chi connectivity index (χ1v) is 9.26. The molecule has 1 unspecified atom stereocenters. The van der Waals surface area contributed by atoms with Gasteiger partial charge < -0.3 is 14.6 Å². The van der Waals surface area contributed by atoms with Gasteiger partial charge in [-0.15, -0.1) is 0 Å². The van der Waals surface area contributed by atoms with Crippen LogP contribution in [0.5, 0.6) is 0 Å². The number of urea groups is 1. The van der Waals surface area contributed by atoms with Crippen LogP contribution in [0.15, 0.2) is 34.7 Å². The first-order chi connectivity index (χ1) is 13.1. The number of amides is 4. The van der Waals surface area contributed by atoms with Crippen LogP contribution in [0.4, 0.5) is 4.79 Å². The van der Waals surface area contributed by atoms with Crippen molar-refractivity contribution in [3.63, 3.8) is 0 Å². The van der Waals surface area contributed by atoms with Crippen molar-refractivity contribution in [1.82, 2.24) is 15.1 Å². The number of hydrogen-bond acceptors (Lipinski definition) is 4. The number of imide groups is 1. The Morgan fingerprint density at radius 3 is 2.54 bits per heavy atom. The number of nitrogens with zero attached hydrogens (tertiary/aromatic N) is 2. The highest BCUT2D eigenvalue weighted by atomic mass is 35.5. The Hall–Kier alpha value is -2.51. The van der Waals surface area contributed by atoms with Crippen molar-refractivity contribution in [1.29, 1.82) is 0 Å². The van der Waals surface area contributed by atoms with Gasteiger partial charge in [0.2, 0.25) is 5.91 Å². The fourth-order valence-corrected chi connectivity index (χ4v) is 3.29. The van der Waals surface area contributed by atoms with Gasteiger partial charge >= 0.3 is 6.03 Å². The van der Waals surface area contributed by atoms with Gasteiger partial charge in [-0.25, -0.2) is 4.79 Å². The molecule has 1 aliphatic rings. The van der Waals surface area contributed by atoms with E-state index >= 15 is 0 Å². The third-order valence-corrected chi connectivity index (χ3v) is 5.42. The minimum absolute atomic E-state index is 0.236. The number of hydrogen-bond donors (Lipinski definition) is 1. The van der Waals surface area contributed by atoms with Crippen molar-refractivity contribution in [3.8, 4) is 0 Å². The van der Waals surface area contributed by atoms with E-state index in [9.17, 15) is 14.4 Å². The van der Waals surface area contributed by atoms with Crippen LogP contribution in [0, 0.1) is 6.92 Å². The Kier molecular flexibility index (Phi) is 5.41. The molecule has 1 saturated heterocycles. The highest BCUT2D eigenvalue weighted by Gasteiger charge is 2.49. The molecule has 1 atom stereocenters. The molecule has 1 fully saturated rings. The Morgan fingerprint density at radius 2 is 1.93 bits per heavy atom. The van der Waals surface area contributed by atoms with Gasteiger partial charge in [0.05, 0.1) is 16.6 Å². The maximum atomic E-state index is 12.9. The zero-order chi connectivity index (χ0) is 20.6. The molecule has 0 aliphatic carbocycles. The van der Waals surface area contributed by atoms with Gasteiger partial charge in [0.15, 0.2) is 0 Å². The van der Waals surface area contributed by atoms with Gasteiger partial charge in [0.1, 0.15) is 23.6 Å². The summed E-state index contributed by atoms with van der Waals surface area (Å²) >= 11 is 12.0. The van der Waals surface area contributed by atoms with E-state index in [2.05, 4.69) is 5.32 Å². The summed E-state index contributed by atoms with van der Waals surface area (Å²) < 4.78 is 5.45. The van der Waals surface area contributed by atoms with Crippen molar-refractivity contribution in [2.45, 2.75) is 25.9 Å². The highest BCUT2D eigenvalue weighted by Crippen LogP contribution is 2.33. The summed E-state index contributed by atoms with van der Waals surface area (Å²) in [5.74, 6) is 0.427. The van der Waals surface area contributed by atoms with Crippen LogP contribution in [0.3, 0.4) is 0 Å². The quantitative estimate of drug-likeness (QED) is 0.747. The summed E-state index contributed by atoms with van der Waals surface area (Å²) in [7, 11) is 1.58. The first kappa shape index (κ1) is 20.2. The highest BCUT2D eigenvalue weighted by molar-refractivity contribution is 6.42. The second-order valence-electron chi connectivity index (χ2n) is 6.84. The van der Waals surface area contributed by atoms with E-state index in [0.717, 1.165) is 10.7 Å². The van der Waals surface area contributed by atoms with E-state index < -0.39 is 23.4 Å². The number of halogens is 2. The lowest BCUT2D eigenvalue weighted by Gasteiger charge is -2.23. The molecule has 1 N–H and O–H groups in total. The number of aryl methyl sites for hydroxylation is 1. The molecule has 1 aromatic carbocycles. The maximum Gasteiger partial charge on any atom is 0.325 e. The molecular weight excluding hydrogens is 405 g/mol. The van der Waals surface area contributed by atoms with E-state index in [-0.39, 0.29) is 18.1 Å². The molecule has 28 heavy (non-hydrogen) atoms. The summed E-state index contributed by atoms with van der Waals surface area (Å²) in [4.78, 5) is 40.1. The molecule has 0 bridgehead atoms. The molecule has 9 heteroatoms. The number of furan rings is 1. The van der Waals surface area contributed by atoms with Crippen LogP contribution >= 0.6 is 23.2 Å². The largest absolute Gasteiger partial charge is 0.464 e. The van der Waals surface area contributed by atoms with Gasteiger partial charge in [-0.2, -0.15) is 0 Å². The summed E-state index contributed by atoms with van der Waals surface area (Å²) in [5.41, 5.74) is -0.850. The predicted octanol–water partition coefficient (Wildman–Crippen LogP) is 3.32. The Bertz CT molecular complexity index is 958. The second kappa shape index (κ2) is 7.48. The fourth-order valence-electron chi connectivity index (χ4n) is 2.99. The number of rotatable bonds is 5. The Labute approximate surface area is 172 Å². The van der Waals surface area contributed by atoms with Crippen molar-refractivity contribution >= 4 is 41.0 Å². The van der Waals surface area contributed by atoms with Crippen LogP contribution in [0.1, 0.15) is 24.0 Å². The molecule has 1 aromatic heterocycles. The van der Waals surface area contributed by atoms with Crippen LogP contribution in [-0.4, -0.2) is 41.2 Å². The molecule has 4 amide bonds. The summed E-state index contributed by atoms with van der Waals surface area (Å²) in [6.45, 7) is 3.23. The summed E-state index contributed by atoms with van der Waals surface area (Å²) in [6.07, 6.45) is 0. The minimum Gasteiger partial charge on any atom is -0.464 e. The van der Waals surface area contributed by atoms with E-state index in [0.29, 0.717) is 16.3 Å². The lowest BCUT2D eigenvalue weighted by atomic mass is 9.92. The normalized spacial score (nSPS) is 19.1. The van der Waals surface area contributed by atoms with E-state index in [1.165, 1.54) is 11.0 Å². The molecular formula is C19H19Cl2N3O4. The molecule has 1 aliphatic heterocycles. The topological polar surface area (TPSA) is 82.9 Å². The lowest BCUT2D eigenvalue weighted by molar-refractivity contribution is -0.138. The third kappa shape index (κ3) is 3.72. The van der Waals surface area contributed by atoms with Crippen LogP contribution in [0.25, 0.3) is 0 Å². The minimum atomic E-state index is -1.33. The average Bonchev–Trinajstić information content (AvgIpc) is 3.13. The Balaban J connectivity index is 1.74. The molecule has 148 valence electrons. The lowest BCUT2D eigenvalue weighted by Crippen LogP contribution is -2.43. The van der Waals surface area contributed by atoms with Gasteiger partial charge in [-0.1, -0.05) is 29.3 Å². The van der Waals surface area contributed by atoms with E-state index in [4.69, 9.17) is 27.6 Å². The molecule has 2 aromatic rings. The molecule has 2 heterocycles. The summed E-state index contributed by atoms with van der Waals surface area (Å²) in [5, 5.41) is 3.25. The zero-order valence-corrected chi connectivity index (χ0v) is 17.1. The number of nitrogens with one attached hydrogen (secondary N) is 1. The third-order valence-electron chi connectivity index (χ3n) is 4.68. The van der Waals surface area contributed by atoms with Gasteiger partial charge in [-0.05, 0) is 43.7 Å². The van der Waals surface area contributed by atoms with Crippen molar-refractivity contribution in [2.24, 2.45) is 0 Å². The SMILES string of the molecule is Cc1ccc(CN(C)C(=O)CN2C(=O)NC(C)(c3ccc(Cl)c(Cl)c3)C2=O)o1.